The first-order valence-corrected chi connectivity index (χ1v) is 12.4. The predicted octanol–water partition coefficient (Wildman–Crippen LogP) is 2.22. The van der Waals surface area contributed by atoms with Gasteiger partial charge in [0.05, 0.1) is 0 Å². The summed E-state index contributed by atoms with van der Waals surface area (Å²) in [6.45, 7) is 2.06. The van der Waals surface area contributed by atoms with E-state index in [-0.39, 0.29) is 24.8 Å². The molecule has 1 aliphatic carbocycles. The van der Waals surface area contributed by atoms with Crippen molar-refractivity contribution in [2.24, 2.45) is 0 Å². The van der Waals surface area contributed by atoms with E-state index in [9.17, 15) is 0 Å². The summed E-state index contributed by atoms with van der Waals surface area (Å²) in [6, 6.07) is 40.4. The fraction of sp³-hybridized carbons (Fsp3) is 0.0625. The van der Waals surface area contributed by atoms with E-state index < -0.39 is 0 Å². The zero-order valence-corrected chi connectivity index (χ0v) is 23.6. The summed E-state index contributed by atoms with van der Waals surface area (Å²) in [7, 11) is 0. The molecule has 0 saturated carbocycles. The maximum atomic E-state index is 3.12. The molecule has 0 fully saturated rings. The van der Waals surface area contributed by atoms with E-state index in [1.54, 1.807) is 0 Å². The zero-order valence-electron chi connectivity index (χ0n) is 19.6. The molecule has 0 amide bonds. The zero-order chi connectivity index (χ0) is 22.9. The van der Waals surface area contributed by atoms with Crippen molar-refractivity contribution < 1.29 is 49.0 Å². The predicted molar refractivity (Wildman–Crippen MR) is 139 cm³/mol. The van der Waals surface area contributed by atoms with Gasteiger partial charge < -0.3 is 24.8 Å². The van der Waals surface area contributed by atoms with Crippen LogP contribution in [-0.4, -0.2) is 3.21 Å². The first-order chi connectivity index (χ1) is 16.2. The van der Waals surface area contributed by atoms with E-state index in [4.69, 9.17) is 0 Å². The normalized spacial score (nSPS) is 11.2. The molecule has 0 bridgehead atoms. The van der Waals surface area contributed by atoms with Crippen LogP contribution in [0.25, 0.3) is 21.5 Å². The van der Waals surface area contributed by atoms with Crippen molar-refractivity contribution in [3.05, 3.63) is 150 Å². The summed E-state index contributed by atoms with van der Waals surface area (Å²) in [4.78, 5) is 0. The van der Waals surface area contributed by atoms with E-state index in [0.717, 1.165) is 6.42 Å². The minimum Gasteiger partial charge on any atom is -0.126 e. The minimum atomic E-state index is 0. The molecule has 0 aromatic heterocycles. The second kappa shape index (κ2) is 14.8. The number of allylic oxidation sites excluding steroid dienone is 4. The topological polar surface area (TPSA) is 0 Å². The molecule has 1 aliphatic rings. The average molecular weight is 573 g/mol. The standard InChI is InChI=1S/C13H9.C13H10.C6H7.2ClH.Zr/c1-3-7-12-10(5-1)9-11-6-2-4-8-13(11)12;1-3-7-12(8-4-1)11-13-9-5-2-6-10-13;1-6-4-2-3-5-6;;;/h1-9H;1-10H;2,4H,3H2,1H3;2*1H;/q-1;;-1;;;+2/p-2. The molecule has 0 saturated heterocycles. The van der Waals surface area contributed by atoms with Crippen LogP contribution in [0.3, 0.4) is 0 Å². The quantitative estimate of drug-likeness (QED) is 0.285. The van der Waals surface area contributed by atoms with Crippen LogP contribution in [-0.2, 0) is 24.2 Å². The van der Waals surface area contributed by atoms with Crippen LogP contribution in [0.2, 0.25) is 0 Å². The summed E-state index contributed by atoms with van der Waals surface area (Å²) in [6.07, 6.45) is 8.33. The maximum Gasteiger partial charge on any atom is -0.0771 e. The van der Waals surface area contributed by atoms with Crippen LogP contribution in [0, 0.1) is 6.08 Å². The van der Waals surface area contributed by atoms with Crippen LogP contribution in [0.1, 0.15) is 24.5 Å². The Labute approximate surface area is 235 Å². The molecule has 35 heavy (non-hydrogen) atoms. The first-order valence-electron chi connectivity index (χ1n) is 11.2. The van der Waals surface area contributed by atoms with Crippen LogP contribution >= 0.6 is 0 Å². The molecule has 5 aromatic carbocycles. The molecule has 174 valence electrons. The van der Waals surface area contributed by atoms with E-state index >= 15 is 0 Å². The molecule has 0 N–H and O–H groups in total. The number of halogens is 2. The molecule has 0 unspecified atom stereocenters. The van der Waals surface area contributed by atoms with Gasteiger partial charge in [0.2, 0.25) is 0 Å². The molecule has 0 atom stereocenters. The number of fused-ring (bicyclic) bond motifs is 3. The Morgan fingerprint density at radius 3 is 1.46 bits per heavy atom. The molecule has 3 heteroatoms. The van der Waals surface area contributed by atoms with Crippen molar-refractivity contribution >= 4 is 24.8 Å². The summed E-state index contributed by atoms with van der Waals surface area (Å²) in [5.74, 6) is 0. The summed E-state index contributed by atoms with van der Waals surface area (Å²) < 4.78 is 1.42. The molecule has 0 radical (unpaired) electrons. The Bertz CT molecular complexity index is 1300. The number of rotatable bonds is 2. The Morgan fingerprint density at radius 2 is 1.09 bits per heavy atom. The Balaban J connectivity index is 0.000000192. The number of benzene rings is 4. The smallest absolute Gasteiger partial charge is 0.0771 e. The van der Waals surface area contributed by atoms with Crippen LogP contribution in [0.5, 0.6) is 0 Å². The van der Waals surface area contributed by atoms with Crippen molar-refractivity contribution in [2.45, 2.75) is 13.3 Å². The van der Waals surface area contributed by atoms with E-state index in [0.29, 0.717) is 0 Å². The molecule has 0 aliphatic heterocycles. The van der Waals surface area contributed by atoms with Crippen molar-refractivity contribution in [3.63, 3.8) is 0 Å². The molecular weight excluding hydrogens is 546 g/mol. The van der Waals surface area contributed by atoms with Crippen LogP contribution in [0.15, 0.2) is 133 Å². The SMILES string of the molecule is CC1=[C-]CC=C1.[Cl-].[Cl-].[Zr+2]=[C](c1ccccc1)c1ccccc1.c1ccc2c(c1)[cH-]c1ccccc12. The van der Waals surface area contributed by atoms with Crippen LogP contribution in [0.4, 0.5) is 0 Å². The van der Waals surface area contributed by atoms with Gasteiger partial charge in [0, 0.05) is 0 Å². The van der Waals surface area contributed by atoms with Gasteiger partial charge in [0.1, 0.15) is 0 Å². The maximum absolute atomic E-state index is 3.12. The number of hydrogen-bond donors (Lipinski definition) is 0. The van der Waals surface area contributed by atoms with Gasteiger partial charge in [0.15, 0.2) is 0 Å². The summed E-state index contributed by atoms with van der Waals surface area (Å²) in [5.41, 5.74) is 3.93. The largest absolute Gasteiger partial charge is 0.126 e. The van der Waals surface area contributed by atoms with Crippen LogP contribution < -0.4 is 24.8 Å². The van der Waals surface area contributed by atoms with Gasteiger partial charge in [0.25, 0.3) is 0 Å². The van der Waals surface area contributed by atoms with Crippen molar-refractivity contribution in [1.29, 1.82) is 0 Å². The Kier molecular flexibility index (Phi) is 12.2. The third kappa shape index (κ3) is 8.04. The molecule has 0 heterocycles. The van der Waals surface area contributed by atoms with Crippen molar-refractivity contribution in [3.8, 4) is 0 Å². The molecular formula is C32H26Cl2Zr-2. The Hall–Kier alpha value is -2.44. The summed E-state index contributed by atoms with van der Waals surface area (Å²) >= 11 is 1.46. The first kappa shape index (κ1) is 28.8. The van der Waals surface area contributed by atoms with Gasteiger partial charge in [-0.25, -0.2) is 11.6 Å². The van der Waals surface area contributed by atoms with E-state index in [1.807, 2.05) is 0 Å². The molecule has 6 rings (SSSR count). The monoisotopic (exact) mass is 570 g/mol. The molecule has 5 aromatic rings. The average Bonchev–Trinajstić information content (AvgIpc) is 3.52. The van der Waals surface area contributed by atoms with Crippen molar-refractivity contribution in [2.75, 3.05) is 0 Å². The van der Waals surface area contributed by atoms with Gasteiger partial charge in [-0.2, -0.15) is 6.08 Å². The van der Waals surface area contributed by atoms with E-state index in [2.05, 4.69) is 140 Å². The third-order valence-corrected chi connectivity index (χ3v) is 6.93. The van der Waals surface area contributed by atoms with Gasteiger partial charge in [-0.15, -0.1) is 46.2 Å². The second-order valence-electron chi connectivity index (χ2n) is 7.89. The van der Waals surface area contributed by atoms with Gasteiger partial charge >= 0.3 is 99.2 Å². The van der Waals surface area contributed by atoms with Crippen molar-refractivity contribution in [1.82, 2.24) is 0 Å². The summed E-state index contributed by atoms with van der Waals surface area (Å²) in [5, 5.41) is 5.39. The third-order valence-electron chi connectivity index (χ3n) is 5.51. The van der Waals surface area contributed by atoms with Gasteiger partial charge in [-0.1, -0.05) is 43.3 Å². The van der Waals surface area contributed by atoms with E-state index in [1.165, 1.54) is 65.7 Å². The molecule has 0 spiro atoms. The number of hydrogen-bond acceptors (Lipinski definition) is 0. The molecule has 0 nitrogen and oxygen atoms in total. The van der Waals surface area contributed by atoms with Gasteiger partial charge in [-0.05, 0) is 0 Å². The minimum absolute atomic E-state index is 0. The second-order valence-corrected chi connectivity index (χ2v) is 9.12. The van der Waals surface area contributed by atoms with Gasteiger partial charge in [-0.3, -0.25) is 6.08 Å². The Morgan fingerprint density at radius 1 is 0.657 bits per heavy atom. The fourth-order valence-electron chi connectivity index (χ4n) is 3.79. The fourth-order valence-corrected chi connectivity index (χ4v) is 4.61.